The topological polar surface area (TPSA) is 89.7 Å². The highest BCUT2D eigenvalue weighted by Crippen LogP contribution is 2.38. The molecular formula is C24H25FN4O4. The van der Waals surface area contributed by atoms with E-state index in [2.05, 4.69) is 15.5 Å². The minimum atomic E-state index is -0.565. The zero-order valence-corrected chi connectivity index (χ0v) is 18.9. The van der Waals surface area contributed by atoms with Gasteiger partial charge in [-0.3, -0.25) is 4.90 Å². The Balaban J connectivity index is 1.79. The van der Waals surface area contributed by atoms with E-state index < -0.39 is 6.04 Å². The molecule has 1 aromatic heterocycles. The van der Waals surface area contributed by atoms with Crippen molar-refractivity contribution in [3.63, 3.8) is 0 Å². The van der Waals surface area contributed by atoms with E-state index >= 15 is 0 Å². The van der Waals surface area contributed by atoms with Crippen LogP contribution in [0.25, 0.3) is 17.0 Å². The van der Waals surface area contributed by atoms with Gasteiger partial charge < -0.3 is 19.3 Å². The monoisotopic (exact) mass is 452 g/mol. The summed E-state index contributed by atoms with van der Waals surface area (Å²) in [7, 11) is 3.12. The number of ether oxygens (including phenoxy) is 2. The maximum absolute atomic E-state index is 13.5. The van der Waals surface area contributed by atoms with Crippen LogP contribution in [0.15, 0.2) is 52.7 Å². The number of hydrogen-bond acceptors (Lipinski definition) is 6. The van der Waals surface area contributed by atoms with E-state index in [1.54, 1.807) is 49.5 Å². The molecule has 33 heavy (non-hydrogen) atoms. The molecule has 1 N–H and O–H groups in total. The van der Waals surface area contributed by atoms with Gasteiger partial charge in [-0.1, -0.05) is 24.2 Å². The molecular weight excluding hydrogens is 427 g/mol. The van der Waals surface area contributed by atoms with Gasteiger partial charge in [-0.05, 0) is 49.2 Å². The van der Waals surface area contributed by atoms with Gasteiger partial charge in [-0.2, -0.15) is 4.98 Å². The average molecular weight is 452 g/mol. The van der Waals surface area contributed by atoms with Gasteiger partial charge in [-0.25, -0.2) is 9.18 Å². The molecule has 2 amide bonds. The van der Waals surface area contributed by atoms with Crippen LogP contribution in [0, 0.1) is 5.82 Å². The fourth-order valence-electron chi connectivity index (χ4n) is 3.88. The Morgan fingerprint density at radius 3 is 2.52 bits per heavy atom. The Labute approximate surface area is 191 Å². The van der Waals surface area contributed by atoms with E-state index in [-0.39, 0.29) is 17.7 Å². The Hall–Kier alpha value is -3.88. The third-order valence-electron chi connectivity index (χ3n) is 5.55. The number of carbonyl (C=O) groups excluding carboxylic acids is 1. The predicted molar refractivity (Wildman–Crippen MR) is 120 cm³/mol. The van der Waals surface area contributed by atoms with Crippen LogP contribution >= 0.6 is 0 Å². The first-order valence-corrected chi connectivity index (χ1v) is 10.6. The second kappa shape index (κ2) is 9.32. The van der Waals surface area contributed by atoms with Crippen molar-refractivity contribution in [2.45, 2.75) is 26.3 Å². The summed E-state index contributed by atoms with van der Waals surface area (Å²) in [6.07, 6.45) is 0.778. The van der Waals surface area contributed by atoms with Gasteiger partial charge in [0.05, 0.1) is 25.8 Å². The molecule has 4 rings (SSSR count). The molecule has 2 heterocycles. The van der Waals surface area contributed by atoms with E-state index in [0.29, 0.717) is 46.3 Å². The number of amides is 2. The first-order valence-electron chi connectivity index (χ1n) is 10.6. The molecule has 2 aromatic carbocycles. The molecule has 1 unspecified atom stereocenters. The van der Waals surface area contributed by atoms with E-state index in [1.807, 2.05) is 13.8 Å². The van der Waals surface area contributed by atoms with Crippen LogP contribution in [-0.2, 0) is 0 Å². The summed E-state index contributed by atoms with van der Waals surface area (Å²) in [5.74, 6) is 1.41. The molecule has 0 bridgehead atoms. The van der Waals surface area contributed by atoms with Crippen molar-refractivity contribution in [2.24, 2.45) is 0 Å². The van der Waals surface area contributed by atoms with Crippen molar-refractivity contribution in [2.75, 3.05) is 20.8 Å². The molecule has 9 heteroatoms. The second-order valence-corrected chi connectivity index (χ2v) is 7.58. The summed E-state index contributed by atoms with van der Waals surface area (Å²) in [6.45, 7) is 4.38. The smallest absolute Gasteiger partial charge is 0.322 e. The molecule has 0 aliphatic carbocycles. The van der Waals surface area contributed by atoms with Gasteiger partial charge in [-0.15, -0.1) is 0 Å². The van der Waals surface area contributed by atoms with Gasteiger partial charge in [0.2, 0.25) is 5.82 Å². The van der Waals surface area contributed by atoms with Crippen LogP contribution < -0.4 is 14.8 Å². The highest BCUT2D eigenvalue weighted by atomic mass is 19.1. The summed E-state index contributed by atoms with van der Waals surface area (Å²) in [5.41, 5.74) is 2.76. The lowest BCUT2D eigenvalue weighted by Crippen LogP contribution is -2.46. The number of halogens is 1. The number of nitrogens with zero attached hydrogens (tertiary/aromatic N) is 3. The molecule has 1 aliphatic heterocycles. The molecule has 0 spiro atoms. The Morgan fingerprint density at radius 1 is 1.12 bits per heavy atom. The SMILES string of the molecule is CCCN1C(=O)NC(c2ccc(F)cc2)C(c2nc(-c3ccc(OC)c(OC)c3)no2)=C1C. The number of nitrogens with one attached hydrogen (secondary N) is 1. The third kappa shape index (κ3) is 4.26. The summed E-state index contributed by atoms with van der Waals surface area (Å²) in [4.78, 5) is 19.1. The summed E-state index contributed by atoms with van der Waals surface area (Å²) in [5, 5.41) is 7.14. The Bertz CT molecular complexity index is 1190. The average Bonchev–Trinajstić information content (AvgIpc) is 3.31. The van der Waals surface area contributed by atoms with Crippen LogP contribution in [0.2, 0.25) is 0 Å². The number of benzene rings is 2. The Morgan fingerprint density at radius 2 is 1.85 bits per heavy atom. The highest BCUT2D eigenvalue weighted by molar-refractivity contribution is 5.86. The van der Waals surface area contributed by atoms with Crippen LogP contribution in [0.3, 0.4) is 0 Å². The van der Waals surface area contributed by atoms with Gasteiger partial charge >= 0.3 is 6.03 Å². The maximum Gasteiger partial charge on any atom is 0.322 e. The molecule has 0 fully saturated rings. The highest BCUT2D eigenvalue weighted by Gasteiger charge is 2.35. The second-order valence-electron chi connectivity index (χ2n) is 7.58. The van der Waals surface area contributed by atoms with Crippen molar-refractivity contribution in [3.05, 3.63) is 65.4 Å². The number of aromatic nitrogens is 2. The van der Waals surface area contributed by atoms with Gasteiger partial charge in [0.1, 0.15) is 5.82 Å². The summed E-state index contributed by atoms with van der Waals surface area (Å²) < 4.78 is 29.8. The minimum Gasteiger partial charge on any atom is -0.493 e. The zero-order valence-electron chi connectivity index (χ0n) is 18.9. The standard InChI is InChI=1S/C24H25FN4O4/c1-5-12-29-14(2)20(21(26-24(29)30)15-6-9-17(25)10-7-15)23-27-22(28-33-23)16-8-11-18(31-3)19(13-16)32-4/h6-11,13,21H,5,12H2,1-4H3,(H,26,30). The summed E-state index contributed by atoms with van der Waals surface area (Å²) >= 11 is 0. The largest absolute Gasteiger partial charge is 0.493 e. The lowest BCUT2D eigenvalue weighted by Gasteiger charge is -2.35. The molecule has 1 aliphatic rings. The lowest BCUT2D eigenvalue weighted by molar-refractivity contribution is 0.205. The number of rotatable bonds is 7. The fraction of sp³-hybridized carbons (Fsp3) is 0.292. The normalized spacial score (nSPS) is 16.1. The number of hydrogen-bond donors (Lipinski definition) is 1. The van der Waals surface area contributed by atoms with Crippen LogP contribution in [0.1, 0.15) is 37.8 Å². The van der Waals surface area contributed by atoms with Gasteiger partial charge in [0.25, 0.3) is 5.89 Å². The molecule has 1 atom stereocenters. The molecule has 8 nitrogen and oxygen atoms in total. The first kappa shape index (κ1) is 22.3. The Kier molecular flexibility index (Phi) is 6.30. The fourth-order valence-corrected chi connectivity index (χ4v) is 3.88. The predicted octanol–water partition coefficient (Wildman–Crippen LogP) is 4.80. The van der Waals surface area contributed by atoms with Crippen LogP contribution in [0.4, 0.5) is 9.18 Å². The van der Waals surface area contributed by atoms with Gasteiger partial charge in [0.15, 0.2) is 11.5 Å². The van der Waals surface area contributed by atoms with Crippen molar-refractivity contribution in [1.29, 1.82) is 0 Å². The van der Waals surface area contributed by atoms with E-state index in [1.165, 1.54) is 12.1 Å². The lowest BCUT2D eigenvalue weighted by atomic mass is 9.94. The molecule has 0 saturated heterocycles. The number of methoxy groups -OCH3 is 2. The minimum absolute atomic E-state index is 0.230. The van der Waals surface area contributed by atoms with Crippen molar-refractivity contribution in [1.82, 2.24) is 20.4 Å². The quantitative estimate of drug-likeness (QED) is 0.554. The molecule has 0 radical (unpaired) electrons. The van der Waals surface area contributed by atoms with Crippen LogP contribution in [0.5, 0.6) is 11.5 Å². The number of carbonyl (C=O) groups is 1. The third-order valence-corrected chi connectivity index (χ3v) is 5.55. The number of allylic oxidation sites excluding steroid dienone is 1. The van der Waals surface area contributed by atoms with Crippen molar-refractivity contribution in [3.8, 4) is 22.9 Å². The van der Waals surface area contributed by atoms with E-state index in [4.69, 9.17) is 14.0 Å². The molecule has 0 saturated carbocycles. The first-order chi connectivity index (χ1) is 16.0. The van der Waals surface area contributed by atoms with Gasteiger partial charge in [0, 0.05) is 17.8 Å². The van der Waals surface area contributed by atoms with Crippen LogP contribution in [-0.4, -0.2) is 41.8 Å². The van der Waals surface area contributed by atoms with E-state index in [0.717, 1.165) is 6.42 Å². The van der Waals surface area contributed by atoms with E-state index in [9.17, 15) is 9.18 Å². The van der Waals surface area contributed by atoms with Crippen molar-refractivity contribution >= 4 is 11.6 Å². The number of urea groups is 1. The van der Waals surface area contributed by atoms with Crippen molar-refractivity contribution < 1.29 is 23.2 Å². The molecule has 172 valence electrons. The molecule has 3 aromatic rings. The zero-order chi connectivity index (χ0) is 23.5. The summed E-state index contributed by atoms with van der Waals surface area (Å²) in [6, 6.07) is 10.5. The maximum atomic E-state index is 13.5.